The van der Waals surface area contributed by atoms with E-state index in [0.29, 0.717) is 22.7 Å². The van der Waals surface area contributed by atoms with Crippen LogP contribution in [0.3, 0.4) is 0 Å². The number of benzene rings is 2. The Kier molecular flexibility index (Phi) is 6.90. The number of nitrogens with zero attached hydrogens (tertiary/aromatic N) is 1. The van der Waals surface area contributed by atoms with Gasteiger partial charge in [0.2, 0.25) is 15.9 Å². The zero-order valence-corrected chi connectivity index (χ0v) is 19.8. The molecule has 0 fully saturated rings. The van der Waals surface area contributed by atoms with Crippen molar-refractivity contribution in [3.8, 4) is 11.5 Å². The summed E-state index contributed by atoms with van der Waals surface area (Å²) in [6, 6.07) is 13.2. The number of hydrogen-bond donors (Lipinski definition) is 2. The minimum Gasteiger partial charge on any atom is -0.493 e. The van der Waals surface area contributed by atoms with Crippen LogP contribution in [-0.2, 0) is 26.2 Å². The molecule has 182 valence electrons. The predicted octanol–water partition coefficient (Wildman–Crippen LogP) is 2.77. The number of para-hydroxylation sites is 2. The van der Waals surface area contributed by atoms with Crippen molar-refractivity contribution in [1.82, 2.24) is 4.72 Å². The smallest absolute Gasteiger partial charge is 0.251 e. The van der Waals surface area contributed by atoms with Crippen molar-refractivity contribution in [2.24, 2.45) is 0 Å². The number of anilines is 2. The molecule has 2 heterocycles. The van der Waals surface area contributed by atoms with E-state index in [-0.39, 0.29) is 35.4 Å². The monoisotopic (exact) mass is 497 g/mol. The summed E-state index contributed by atoms with van der Waals surface area (Å²) in [5, 5.41) is 2.72. The molecule has 4 rings (SSSR count). The van der Waals surface area contributed by atoms with Crippen LogP contribution < -0.4 is 24.4 Å². The average Bonchev–Trinajstić information content (AvgIpc) is 3.38. The van der Waals surface area contributed by atoms with Crippen molar-refractivity contribution < 1.29 is 31.9 Å². The molecule has 0 saturated heterocycles. The summed E-state index contributed by atoms with van der Waals surface area (Å²) in [6.45, 7) is -0.196. The molecule has 35 heavy (non-hydrogen) atoms. The first-order chi connectivity index (χ1) is 16.8. The van der Waals surface area contributed by atoms with Crippen LogP contribution in [0, 0.1) is 0 Å². The lowest BCUT2D eigenvalue weighted by molar-refractivity contribution is -0.119. The SMILES string of the molecule is COc1cc(/C=C/C(=O)N2CC(=O)Nc3ccccc32)cc(S(=O)(=O)NCc2ccco2)c1OC. The van der Waals surface area contributed by atoms with E-state index in [1.165, 1.54) is 43.6 Å². The fourth-order valence-corrected chi connectivity index (χ4v) is 4.80. The number of nitrogens with one attached hydrogen (secondary N) is 2. The van der Waals surface area contributed by atoms with Gasteiger partial charge in [-0.1, -0.05) is 12.1 Å². The molecule has 1 aliphatic heterocycles. The number of fused-ring (bicyclic) bond motifs is 1. The van der Waals surface area contributed by atoms with Crippen LogP contribution >= 0.6 is 0 Å². The molecule has 0 saturated carbocycles. The molecule has 0 unspecified atom stereocenters. The van der Waals surface area contributed by atoms with Gasteiger partial charge in [0, 0.05) is 6.08 Å². The third-order valence-corrected chi connectivity index (χ3v) is 6.63. The first-order valence-corrected chi connectivity index (χ1v) is 12.0. The molecular weight excluding hydrogens is 474 g/mol. The van der Waals surface area contributed by atoms with Crippen molar-refractivity contribution in [2.45, 2.75) is 11.4 Å². The van der Waals surface area contributed by atoms with Crippen molar-refractivity contribution in [1.29, 1.82) is 0 Å². The lowest BCUT2D eigenvalue weighted by Crippen LogP contribution is -2.41. The van der Waals surface area contributed by atoms with Gasteiger partial charge in [0.05, 0.1) is 38.4 Å². The van der Waals surface area contributed by atoms with Gasteiger partial charge in [0.15, 0.2) is 11.5 Å². The summed E-state index contributed by atoms with van der Waals surface area (Å²) < 4.78 is 44.4. The number of carbonyl (C=O) groups is 2. The standard InChI is InChI=1S/C24H23N3O7S/c1-32-20-12-16(9-10-23(29)27-15-22(28)26-18-7-3-4-8-19(18)27)13-21(24(20)33-2)35(30,31)25-14-17-6-5-11-34-17/h3-13,25H,14-15H2,1-2H3,(H,26,28)/b10-9+. The molecule has 2 aromatic carbocycles. The van der Waals surface area contributed by atoms with E-state index in [1.54, 1.807) is 42.5 Å². The molecule has 0 aliphatic carbocycles. The zero-order chi connectivity index (χ0) is 25.0. The Morgan fingerprint density at radius 1 is 1.17 bits per heavy atom. The summed E-state index contributed by atoms with van der Waals surface area (Å²) >= 11 is 0. The van der Waals surface area contributed by atoms with Crippen LogP contribution in [0.5, 0.6) is 11.5 Å². The van der Waals surface area contributed by atoms with E-state index >= 15 is 0 Å². The quantitative estimate of drug-likeness (QED) is 0.458. The highest BCUT2D eigenvalue weighted by Gasteiger charge is 2.26. The highest BCUT2D eigenvalue weighted by molar-refractivity contribution is 7.89. The minimum atomic E-state index is -4.04. The number of ether oxygens (including phenoxy) is 2. The summed E-state index contributed by atoms with van der Waals surface area (Å²) in [4.78, 5) is 26.1. The maximum absolute atomic E-state index is 13.1. The summed E-state index contributed by atoms with van der Waals surface area (Å²) in [7, 11) is -1.32. The molecule has 10 nitrogen and oxygen atoms in total. The van der Waals surface area contributed by atoms with Gasteiger partial charge in [0.25, 0.3) is 5.91 Å². The van der Waals surface area contributed by atoms with Gasteiger partial charge >= 0.3 is 0 Å². The molecule has 2 amide bonds. The third-order valence-electron chi connectivity index (χ3n) is 5.23. The first-order valence-electron chi connectivity index (χ1n) is 10.5. The van der Waals surface area contributed by atoms with Gasteiger partial charge < -0.3 is 19.2 Å². The van der Waals surface area contributed by atoms with Crippen LogP contribution in [0.25, 0.3) is 6.08 Å². The zero-order valence-electron chi connectivity index (χ0n) is 19.0. The Hall–Kier alpha value is -4.09. The molecule has 11 heteroatoms. The number of amides is 2. The highest BCUT2D eigenvalue weighted by atomic mass is 32.2. The third kappa shape index (κ3) is 5.20. The van der Waals surface area contributed by atoms with E-state index in [0.717, 1.165) is 0 Å². The average molecular weight is 498 g/mol. The fraction of sp³-hybridized carbons (Fsp3) is 0.167. The van der Waals surface area contributed by atoms with Crippen molar-refractivity contribution >= 4 is 39.3 Å². The lowest BCUT2D eigenvalue weighted by atomic mass is 10.1. The van der Waals surface area contributed by atoms with Gasteiger partial charge in [-0.2, -0.15) is 0 Å². The lowest BCUT2D eigenvalue weighted by Gasteiger charge is -2.28. The van der Waals surface area contributed by atoms with E-state index in [2.05, 4.69) is 10.0 Å². The second-order valence-corrected chi connectivity index (χ2v) is 9.22. The maximum Gasteiger partial charge on any atom is 0.251 e. The van der Waals surface area contributed by atoms with Gasteiger partial charge in [-0.3, -0.25) is 14.5 Å². The second-order valence-electron chi connectivity index (χ2n) is 7.48. The fourth-order valence-electron chi connectivity index (χ4n) is 3.59. The molecule has 3 aromatic rings. The highest BCUT2D eigenvalue weighted by Crippen LogP contribution is 2.36. The van der Waals surface area contributed by atoms with Crippen LogP contribution in [0.1, 0.15) is 11.3 Å². The number of hydrogen-bond acceptors (Lipinski definition) is 7. The number of sulfonamides is 1. The Bertz CT molecular complexity index is 1380. The normalized spacial score (nSPS) is 13.4. The maximum atomic E-state index is 13.1. The number of furan rings is 1. The molecule has 0 radical (unpaired) electrons. The summed E-state index contributed by atoms with van der Waals surface area (Å²) in [6.07, 6.45) is 4.16. The van der Waals surface area contributed by atoms with Gasteiger partial charge in [0.1, 0.15) is 17.2 Å². The van der Waals surface area contributed by atoms with E-state index in [9.17, 15) is 18.0 Å². The summed E-state index contributed by atoms with van der Waals surface area (Å²) in [5.41, 5.74) is 1.48. The molecule has 0 bridgehead atoms. The molecule has 0 atom stereocenters. The second kappa shape index (κ2) is 10.0. The van der Waals surface area contributed by atoms with E-state index in [1.807, 2.05) is 0 Å². The van der Waals surface area contributed by atoms with E-state index < -0.39 is 15.9 Å². The molecular formula is C24H23N3O7S. The largest absolute Gasteiger partial charge is 0.493 e. The Balaban J connectivity index is 1.64. The molecule has 1 aliphatic rings. The van der Waals surface area contributed by atoms with Crippen molar-refractivity contribution in [3.05, 3.63) is 72.2 Å². The number of rotatable bonds is 8. The number of methoxy groups -OCH3 is 2. The van der Waals surface area contributed by atoms with Crippen LogP contribution in [-0.4, -0.2) is 41.0 Å². The van der Waals surface area contributed by atoms with Crippen LogP contribution in [0.15, 0.2) is 70.2 Å². The molecule has 2 N–H and O–H groups in total. The van der Waals surface area contributed by atoms with E-state index in [4.69, 9.17) is 13.9 Å². The van der Waals surface area contributed by atoms with Gasteiger partial charge in [-0.25, -0.2) is 13.1 Å². The predicted molar refractivity (Wildman–Crippen MR) is 129 cm³/mol. The Labute approximate surface area is 202 Å². The van der Waals surface area contributed by atoms with Crippen molar-refractivity contribution in [2.75, 3.05) is 31.0 Å². The first kappa shape index (κ1) is 24.0. The molecule has 1 aromatic heterocycles. The Morgan fingerprint density at radius 3 is 2.69 bits per heavy atom. The summed E-state index contributed by atoms with van der Waals surface area (Å²) in [5.74, 6) is -0.130. The molecule has 0 spiro atoms. The van der Waals surface area contributed by atoms with Crippen LogP contribution in [0.4, 0.5) is 11.4 Å². The topological polar surface area (TPSA) is 127 Å². The Morgan fingerprint density at radius 2 is 1.97 bits per heavy atom. The van der Waals surface area contributed by atoms with Crippen molar-refractivity contribution in [3.63, 3.8) is 0 Å². The van der Waals surface area contributed by atoms with Gasteiger partial charge in [-0.05, 0) is 48.0 Å². The van der Waals surface area contributed by atoms with Crippen LogP contribution in [0.2, 0.25) is 0 Å². The number of carbonyl (C=O) groups excluding carboxylic acids is 2. The minimum absolute atomic E-state index is 0.0181. The van der Waals surface area contributed by atoms with Gasteiger partial charge in [-0.15, -0.1) is 0 Å².